The summed E-state index contributed by atoms with van der Waals surface area (Å²) in [6.07, 6.45) is 0.642. The topological polar surface area (TPSA) is 58.6 Å². The van der Waals surface area contributed by atoms with Crippen LogP contribution < -0.4 is 5.32 Å². The van der Waals surface area contributed by atoms with Crippen molar-refractivity contribution in [2.45, 2.75) is 37.6 Å². The van der Waals surface area contributed by atoms with Crippen LogP contribution in [0, 0.1) is 0 Å². The number of piperazine rings is 1. The number of carbonyl (C=O) groups excluding carboxylic acids is 2. The number of carbonyl (C=O) groups is 2. The molecule has 0 radical (unpaired) electrons. The molecular weight excluding hydrogens is 258 g/mol. The van der Waals surface area contributed by atoms with Crippen LogP contribution in [0.3, 0.4) is 0 Å². The molecule has 2 amide bonds. The van der Waals surface area contributed by atoms with Gasteiger partial charge in [0.15, 0.2) is 0 Å². The van der Waals surface area contributed by atoms with Crippen molar-refractivity contribution in [1.82, 2.24) is 10.2 Å². The number of hydrogen-bond acceptors (Lipinski definition) is 3. The maximum absolute atomic E-state index is 12.3. The van der Waals surface area contributed by atoms with Crippen molar-refractivity contribution < 1.29 is 23.1 Å². The number of nitrogens with one attached hydrogen (secondary N) is 1. The van der Waals surface area contributed by atoms with E-state index in [1.807, 2.05) is 0 Å². The Bertz CT molecular complexity index is 357. The predicted octanol–water partition coefficient (Wildman–Crippen LogP) is 0.539. The van der Waals surface area contributed by atoms with Gasteiger partial charge in [-0.25, -0.2) is 8.78 Å². The second-order valence-corrected chi connectivity index (χ2v) is 5.03. The Morgan fingerprint density at radius 3 is 2.63 bits per heavy atom. The first-order chi connectivity index (χ1) is 9.03. The summed E-state index contributed by atoms with van der Waals surface area (Å²) < 4.78 is 28.6. The summed E-state index contributed by atoms with van der Waals surface area (Å²) in [7, 11) is 0. The molecule has 1 spiro atoms. The van der Waals surface area contributed by atoms with Gasteiger partial charge in [0, 0.05) is 6.54 Å². The lowest BCUT2D eigenvalue weighted by atomic mass is 9.93. The van der Waals surface area contributed by atoms with Gasteiger partial charge in [-0.2, -0.15) is 0 Å². The van der Waals surface area contributed by atoms with Gasteiger partial charge >= 0.3 is 0 Å². The minimum absolute atomic E-state index is 0.0153. The molecule has 1 aliphatic carbocycles. The highest BCUT2D eigenvalue weighted by atomic mass is 19.3. The van der Waals surface area contributed by atoms with Gasteiger partial charge in [0.25, 0.3) is 6.43 Å². The summed E-state index contributed by atoms with van der Waals surface area (Å²) in [5, 5.41) is 2.79. The van der Waals surface area contributed by atoms with Crippen molar-refractivity contribution in [2.75, 3.05) is 26.3 Å². The van der Waals surface area contributed by atoms with Crippen LogP contribution in [0.1, 0.15) is 25.7 Å². The highest BCUT2D eigenvalue weighted by molar-refractivity contribution is 5.98. The molecule has 0 atom stereocenters. The summed E-state index contributed by atoms with van der Waals surface area (Å²) in [5.41, 5.74) is -0.752. The Morgan fingerprint density at radius 2 is 2.00 bits per heavy atom. The third-order valence-corrected chi connectivity index (χ3v) is 3.62. The zero-order chi connectivity index (χ0) is 13.9. The number of ether oxygens (including phenoxy) is 1. The monoisotopic (exact) mass is 276 g/mol. The first kappa shape index (κ1) is 14.2. The summed E-state index contributed by atoms with van der Waals surface area (Å²) in [4.78, 5) is 25.4. The van der Waals surface area contributed by atoms with E-state index in [1.165, 1.54) is 4.90 Å². The molecule has 0 aromatic rings. The van der Waals surface area contributed by atoms with Gasteiger partial charge < -0.3 is 15.0 Å². The normalized spacial score (nSPS) is 22.4. The van der Waals surface area contributed by atoms with Gasteiger partial charge in [-0.15, -0.1) is 0 Å². The van der Waals surface area contributed by atoms with Crippen LogP contribution in [-0.4, -0.2) is 55.0 Å². The Hall–Kier alpha value is -1.24. The largest absolute Gasteiger partial charge is 0.374 e. The molecule has 5 nitrogen and oxygen atoms in total. The van der Waals surface area contributed by atoms with Crippen LogP contribution in [-0.2, 0) is 14.3 Å². The highest BCUT2D eigenvalue weighted by Crippen LogP contribution is 2.33. The molecular formula is C12H18F2N2O3. The van der Waals surface area contributed by atoms with E-state index in [1.54, 1.807) is 0 Å². The molecule has 2 fully saturated rings. The minimum Gasteiger partial charge on any atom is -0.374 e. The number of amides is 2. The van der Waals surface area contributed by atoms with Crippen molar-refractivity contribution in [2.24, 2.45) is 0 Å². The van der Waals surface area contributed by atoms with E-state index in [-0.39, 0.29) is 31.5 Å². The molecule has 1 saturated carbocycles. The van der Waals surface area contributed by atoms with E-state index in [2.05, 4.69) is 5.32 Å². The number of rotatable bonds is 5. The van der Waals surface area contributed by atoms with Crippen molar-refractivity contribution in [3.63, 3.8) is 0 Å². The van der Waals surface area contributed by atoms with E-state index in [0.29, 0.717) is 12.8 Å². The molecule has 0 bridgehead atoms. The Morgan fingerprint density at radius 1 is 1.32 bits per heavy atom. The second kappa shape index (κ2) is 5.81. The number of halogens is 2. The number of alkyl halides is 2. The van der Waals surface area contributed by atoms with Crippen molar-refractivity contribution >= 4 is 11.8 Å². The Balaban J connectivity index is 1.89. The third-order valence-electron chi connectivity index (χ3n) is 3.62. The molecule has 1 aliphatic heterocycles. The van der Waals surface area contributed by atoms with Gasteiger partial charge in [-0.1, -0.05) is 12.8 Å². The summed E-state index contributed by atoms with van der Waals surface area (Å²) in [5.74, 6) is -0.291. The van der Waals surface area contributed by atoms with Crippen LogP contribution in [0.25, 0.3) is 0 Å². The molecule has 0 aromatic heterocycles. The van der Waals surface area contributed by atoms with Crippen LogP contribution >= 0.6 is 0 Å². The molecule has 0 aromatic carbocycles. The first-order valence-electron chi connectivity index (χ1n) is 6.50. The molecule has 1 heterocycles. The zero-order valence-corrected chi connectivity index (χ0v) is 10.7. The lowest BCUT2D eigenvalue weighted by Crippen LogP contribution is -2.65. The fraction of sp³-hybridized carbons (Fsp3) is 0.833. The minimum atomic E-state index is -2.51. The van der Waals surface area contributed by atoms with Crippen molar-refractivity contribution in [3.05, 3.63) is 0 Å². The van der Waals surface area contributed by atoms with Gasteiger partial charge in [-0.05, 0) is 12.8 Å². The molecule has 2 rings (SSSR count). The summed E-state index contributed by atoms with van der Waals surface area (Å²) in [6, 6.07) is 0. The maximum Gasteiger partial charge on any atom is 0.261 e. The number of hydrogen-bond donors (Lipinski definition) is 1. The quantitative estimate of drug-likeness (QED) is 0.746. The smallest absolute Gasteiger partial charge is 0.261 e. The summed E-state index contributed by atoms with van der Waals surface area (Å²) in [6.45, 7) is -0.446. The van der Waals surface area contributed by atoms with Crippen LogP contribution in [0.2, 0.25) is 0 Å². The molecule has 108 valence electrons. The van der Waals surface area contributed by atoms with Gasteiger partial charge in [-0.3, -0.25) is 9.59 Å². The fourth-order valence-corrected chi connectivity index (χ4v) is 2.75. The van der Waals surface area contributed by atoms with E-state index in [4.69, 9.17) is 4.74 Å². The Labute approximate surface area is 110 Å². The highest BCUT2D eigenvalue weighted by Gasteiger charge is 2.47. The first-order valence-corrected chi connectivity index (χ1v) is 6.50. The average molecular weight is 276 g/mol. The van der Waals surface area contributed by atoms with E-state index in [9.17, 15) is 18.4 Å². The van der Waals surface area contributed by atoms with Gasteiger partial charge in [0.05, 0.1) is 13.2 Å². The van der Waals surface area contributed by atoms with Crippen LogP contribution in [0.15, 0.2) is 0 Å². The zero-order valence-electron chi connectivity index (χ0n) is 10.7. The molecule has 19 heavy (non-hydrogen) atoms. The van der Waals surface area contributed by atoms with Gasteiger partial charge in [0.2, 0.25) is 11.8 Å². The second-order valence-electron chi connectivity index (χ2n) is 5.03. The molecule has 7 heteroatoms. The predicted molar refractivity (Wildman–Crippen MR) is 62.7 cm³/mol. The fourth-order valence-electron chi connectivity index (χ4n) is 2.75. The number of nitrogens with zero attached hydrogens (tertiary/aromatic N) is 1. The lowest BCUT2D eigenvalue weighted by molar-refractivity contribution is -0.150. The van der Waals surface area contributed by atoms with Crippen molar-refractivity contribution in [3.8, 4) is 0 Å². The molecule has 2 aliphatic rings. The summed E-state index contributed by atoms with van der Waals surface area (Å²) >= 11 is 0. The molecule has 1 saturated heterocycles. The van der Waals surface area contributed by atoms with E-state index in [0.717, 1.165) is 12.8 Å². The van der Waals surface area contributed by atoms with E-state index >= 15 is 0 Å². The average Bonchev–Trinajstić information content (AvgIpc) is 2.79. The Kier molecular flexibility index (Phi) is 4.34. The van der Waals surface area contributed by atoms with Crippen LogP contribution in [0.5, 0.6) is 0 Å². The maximum atomic E-state index is 12.3. The molecule has 1 N–H and O–H groups in total. The SMILES string of the molecule is O=C1CN(CCOCC(F)F)C(=O)C2(CCCC2)N1. The van der Waals surface area contributed by atoms with Crippen LogP contribution in [0.4, 0.5) is 8.78 Å². The van der Waals surface area contributed by atoms with Gasteiger partial charge in [0.1, 0.15) is 12.1 Å². The van der Waals surface area contributed by atoms with Crippen molar-refractivity contribution in [1.29, 1.82) is 0 Å². The molecule has 0 unspecified atom stereocenters. The lowest BCUT2D eigenvalue weighted by Gasteiger charge is -2.39. The standard InChI is InChI=1S/C12H18F2N2O3/c13-9(14)8-19-6-5-16-7-10(17)15-12(11(16)18)3-1-2-4-12/h9H,1-8H2,(H,15,17). The van der Waals surface area contributed by atoms with E-state index < -0.39 is 18.6 Å². The third kappa shape index (κ3) is 3.20.